The summed E-state index contributed by atoms with van der Waals surface area (Å²) in [4.78, 5) is 90.7. The van der Waals surface area contributed by atoms with Crippen LogP contribution in [0.5, 0.6) is 34.5 Å². The van der Waals surface area contributed by atoms with E-state index < -0.39 is 0 Å². The topological polar surface area (TPSA) is 188 Å². The van der Waals surface area contributed by atoms with Crippen LogP contribution in [0.1, 0.15) is 515 Å². The molecule has 0 radical (unpaired) electrons. The van der Waals surface area contributed by atoms with Crippen LogP contribution < -0.4 is 39.1 Å². The number of benzene rings is 7. The van der Waals surface area contributed by atoms with Crippen molar-refractivity contribution in [3.05, 3.63) is 106 Å². The van der Waals surface area contributed by atoms with Crippen molar-refractivity contribution in [1.29, 1.82) is 0 Å². The molecule has 7 aromatic carbocycles. The van der Waals surface area contributed by atoms with Gasteiger partial charge in [0.25, 0.3) is 35.4 Å². The highest BCUT2D eigenvalue weighted by molar-refractivity contribution is 6.41. The Labute approximate surface area is 810 Å². The predicted molar refractivity (Wildman–Crippen MR) is 558 cm³/mol. The lowest BCUT2D eigenvalue weighted by molar-refractivity contribution is 0.0592. The molecule has 744 valence electrons. The average molecular weight is 1850 g/mol. The fraction of sp³-hybridized carbons (Fsp3) is 0.678. The maximum Gasteiger partial charge on any atom is 0.261 e. The smallest absolute Gasteiger partial charge is 0.261 e. The first kappa shape index (κ1) is 110. The highest BCUT2D eigenvalue weighted by Gasteiger charge is 2.37. The molecule has 134 heavy (non-hydrogen) atoms. The third-order valence-electron chi connectivity index (χ3n) is 28.1. The molecule has 0 aliphatic carbocycles. The van der Waals surface area contributed by atoms with Crippen LogP contribution >= 0.6 is 0 Å². The number of hydrogen-bond donors (Lipinski definition) is 2. The number of nitrogens with one attached hydrogen (secondary N) is 2. The van der Waals surface area contributed by atoms with E-state index in [-0.39, 0.29) is 48.5 Å². The van der Waals surface area contributed by atoms with E-state index in [1.165, 1.54) is 318 Å². The molecule has 0 fully saturated rings. The molecule has 16 heteroatoms. The summed E-state index contributed by atoms with van der Waals surface area (Å²) < 4.78 is 39.9. The molecule has 2 aliphatic rings. The van der Waals surface area contributed by atoms with E-state index in [9.17, 15) is 28.8 Å². The molecule has 6 amide bonds. The summed E-state index contributed by atoms with van der Waals surface area (Å²) in [7, 11) is 0. The second kappa shape index (κ2) is 66.4. The van der Waals surface area contributed by atoms with Crippen LogP contribution in [0.25, 0.3) is 43.1 Å². The van der Waals surface area contributed by atoms with Gasteiger partial charge in [-0.3, -0.25) is 38.6 Å². The molecule has 0 aromatic heterocycles. The third kappa shape index (κ3) is 36.6. The van der Waals surface area contributed by atoms with Gasteiger partial charge in [-0.2, -0.15) is 0 Å². The lowest BCUT2D eigenvalue weighted by atomic mass is 9.82. The first-order valence-electron chi connectivity index (χ1n) is 55.6. The fourth-order valence-electron chi connectivity index (χ4n) is 19.9. The van der Waals surface area contributed by atoms with E-state index in [4.69, 9.17) is 28.4 Å². The molecule has 16 nitrogen and oxygen atoms in total. The van der Waals surface area contributed by atoms with Gasteiger partial charge >= 0.3 is 0 Å². The standard InChI is InChI=1S/C118H180N4O12/c1-7-13-19-25-31-37-43-49-55-65-83-129-103-89-93(90-104(130-84-66-56-50-44-38-32-26-20-14-8-2)111(103)133-87-69-59-53-47-41-35-29-23-17-11-5)113(123)119-79-61-63-81-121-115(125)99-75-71-95-97-73-77-101-110-102(78-74-98(108(97)110)96-72-76-100(116(121)126)109(99)107(95)96)118(128)122(117(101)127)82-64-62-80-120-114(124)94-91-105(131-85-67-57-51-45-39-33-27-21-15-9-3)112(134-88-70-60-54-48-42-36-30-24-18-12-6)106(92-94)132-86-68-58-52-46-40-34-28-22-16-10-4/h71-78,89-92H,7-70,79-88H2,1-6H3,(H,119,123)(H,120,124). The Kier molecular flexibility index (Phi) is 54.3. The summed E-state index contributed by atoms with van der Waals surface area (Å²) in [6, 6.07) is 22.3. The number of unbranched alkanes of at least 4 members (excludes halogenated alkanes) is 56. The van der Waals surface area contributed by atoms with Crippen molar-refractivity contribution in [2.45, 2.75) is 452 Å². The minimum Gasteiger partial charge on any atom is -0.490 e. The molecular weight excluding hydrogens is 1670 g/mol. The number of nitrogens with zero attached hydrogens (tertiary/aromatic N) is 2. The van der Waals surface area contributed by atoms with Gasteiger partial charge in [0.05, 0.1) is 39.6 Å². The van der Waals surface area contributed by atoms with Crippen molar-refractivity contribution >= 4 is 78.5 Å². The molecule has 0 bridgehead atoms. The van der Waals surface area contributed by atoms with Gasteiger partial charge in [0.15, 0.2) is 23.0 Å². The van der Waals surface area contributed by atoms with E-state index in [1.807, 2.05) is 72.8 Å². The Morgan fingerprint density at radius 3 is 0.612 bits per heavy atom. The van der Waals surface area contributed by atoms with Crippen molar-refractivity contribution in [3.8, 4) is 34.5 Å². The van der Waals surface area contributed by atoms with Gasteiger partial charge < -0.3 is 39.1 Å². The summed E-state index contributed by atoms with van der Waals surface area (Å²) in [5, 5.41) is 12.4. The van der Waals surface area contributed by atoms with Gasteiger partial charge in [-0.25, -0.2) is 0 Å². The number of hydrogen-bond acceptors (Lipinski definition) is 12. The molecular formula is C118H180N4O12. The minimum absolute atomic E-state index is 0.165. The Balaban J connectivity index is 0.823. The van der Waals surface area contributed by atoms with E-state index >= 15 is 0 Å². The largest absolute Gasteiger partial charge is 0.490 e. The van der Waals surface area contributed by atoms with Crippen LogP contribution in [0.15, 0.2) is 72.8 Å². The summed E-state index contributed by atoms with van der Waals surface area (Å²) in [5.41, 5.74) is 2.63. The quantitative estimate of drug-likeness (QED) is 0.0159. The van der Waals surface area contributed by atoms with E-state index in [0.717, 1.165) is 109 Å². The van der Waals surface area contributed by atoms with Crippen molar-refractivity contribution in [2.75, 3.05) is 65.8 Å². The molecule has 0 atom stereocenters. The normalized spacial score (nSPS) is 12.6. The molecule has 0 spiro atoms. The second-order valence-corrected chi connectivity index (χ2v) is 39.4. The van der Waals surface area contributed by atoms with Crippen LogP contribution in [-0.4, -0.2) is 111 Å². The van der Waals surface area contributed by atoms with Crippen LogP contribution in [0, 0.1) is 0 Å². The summed E-state index contributed by atoms with van der Waals surface area (Å²) in [5.74, 6) is 1.31. The lowest BCUT2D eigenvalue weighted by Crippen LogP contribution is -2.41. The minimum atomic E-state index is -0.371. The van der Waals surface area contributed by atoms with Crippen molar-refractivity contribution < 1.29 is 57.2 Å². The molecule has 0 saturated heterocycles. The van der Waals surface area contributed by atoms with Crippen LogP contribution in [0.3, 0.4) is 0 Å². The molecule has 0 saturated carbocycles. The van der Waals surface area contributed by atoms with Crippen LogP contribution in [0.4, 0.5) is 0 Å². The van der Waals surface area contributed by atoms with Gasteiger partial charge in [0.2, 0.25) is 11.5 Å². The summed E-state index contributed by atoms with van der Waals surface area (Å²) >= 11 is 0. The van der Waals surface area contributed by atoms with Crippen molar-refractivity contribution in [2.24, 2.45) is 0 Å². The van der Waals surface area contributed by atoms with Crippen molar-refractivity contribution in [1.82, 2.24) is 20.4 Å². The first-order valence-corrected chi connectivity index (χ1v) is 55.6. The zero-order valence-corrected chi connectivity index (χ0v) is 85.0. The van der Waals surface area contributed by atoms with Crippen LogP contribution in [0.2, 0.25) is 0 Å². The number of carbonyl (C=O) groups is 6. The molecule has 2 N–H and O–H groups in total. The monoisotopic (exact) mass is 1850 g/mol. The third-order valence-corrected chi connectivity index (χ3v) is 28.1. The highest BCUT2D eigenvalue weighted by Crippen LogP contribution is 2.48. The molecule has 0 unspecified atom stereocenters. The second-order valence-electron chi connectivity index (χ2n) is 39.4. The molecule has 2 heterocycles. The van der Waals surface area contributed by atoms with E-state index in [0.29, 0.717) is 157 Å². The number of carbonyl (C=O) groups excluding carboxylic acids is 6. The Hall–Kier alpha value is -8.14. The summed E-state index contributed by atoms with van der Waals surface area (Å²) in [6.45, 7) is 17.7. The van der Waals surface area contributed by atoms with Gasteiger partial charge in [-0.05, 0) is 145 Å². The predicted octanol–water partition coefficient (Wildman–Crippen LogP) is 33.1. The number of rotatable bonds is 84. The summed E-state index contributed by atoms with van der Waals surface area (Å²) in [6.07, 6.45) is 75.3. The maximum atomic E-state index is 14.8. The molecule has 9 rings (SSSR count). The number of amides is 6. The Morgan fingerprint density at radius 1 is 0.224 bits per heavy atom. The van der Waals surface area contributed by atoms with Gasteiger partial charge in [0, 0.05) is 70.3 Å². The van der Waals surface area contributed by atoms with Gasteiger partial charge in [-0.15, -0.1) is 0 Å². The highest BCUT2D eigenvalue weighted by atomic mass is 16.5. The average Bonchev–Trinajstić information content (AvgIpc) is 0.689. The molecule has 7 aromatic rings. The van der Waals surface area contributed by atoms with Gasteiger partial charge in [0.1, 0.15) is 0 Å². The van der Waals surface area contributed by atoms with E-state index in [1.54, 1.807) is 0 Å². The zero-order chi connectivity index (χ0) is 94.6. The Morgan fingerprint density at radius 2 is 0.410 bits per heavy atom. The molecule has 2 aliphatic heterocycles. The van der Waals surface area contributed by atoms with E-state index in [2.05, 4.69) is 52.2 Å². The van der Waals surface area contributed by atoms with Crippen molar-refractivity contribution in [3.63, 3.8) is 0 Å². The lowest BCUT2D eigenvalue weighted by Gasteiger charge is -2.30. The Bertz CT molecular complexity index is 4020. The number of imide groups is 2. The fourth-order valence-corrected chi connectivity index (χ4v) is 19.9. The SMILES string of the molecule is CCCCCCCCCCCCOc1cc(C(=O)NCCCCN2C(=O)c3ccc4c5ccc6c7c(ccc(c8ccc(c3c48)C2=O)c75)C(=O)N(CCCCNC(=O)c2cc(OCCCCCCCCCCCC)c(OCCCCCCCCCCCC)c(OCCCCCCCCCCCC)c2)C6=O)cc(OCCCCCCCCCCCC)c1OCCCCCCCCCCCC. The van der Waals surface area contributed by atoms with Crippen LogP contribution in [-0.2, 0) is 0 Å². The zero-order valence-electron chi connectivity index (χ0n) is 85.0. The maximum absolute atomic E-state index is 14.8. The number of ether oxygens (including phenoxy) is 6. The van der Waals surface area contributed by atoms with Gasteiger partial charge in [-0.1, -0.05) is 413 Å². The number of fused-ring (bicyclic) bond motifs is 2. The first-order chi connectivity index (χ1) is 66.0.